The van der Waals surface area contributed by atoms with Crippen LogP contribution in [0.25, 0.3) is 0 Å². The van der Waals surface area contributed by atoms with E-state index < -0.39 is 6.04 Å². The van der Waals surface area contributed by atoms with Gasteiger partial charge in [0.15, 0.2) is 0 Å². The highest BCUT2D eigenvalue weighted by atomic mass is 16.2. The summed E-state index contributed by atoms with van der Waals surface area (Å²) in [6, 6.07) is 5.39. The van der Waals surface area contributed by atoms with Crippen molar-refractivity contribution in [1.82, 2.24) is 10.2 Å². The molecule has 0 aromatic heterocycles. The third-order valence-corrected chi connectivity index (χ3v) is 4.22. The molecule has 2 heterocycles. The Morgan fingerprint density at radius 1 is 1.29 bits per heavy atom. The number of rotatable bonds is 2. The van der Waals surface area contributed by atoms with E-state index in [2.05, 4.69) is 19.2 Å². The van der Waals surface area contributed by atoms with Crippen LogP contribution >= 0.6 is 0 Å². The lowest BCUT2D eigenvalue weighted by molar-refractivity contribution is -0.136. The normalized spacial score (nSPS) is 21.8. The van der Waals surface area contributed by atoms with Crippen molar-refractivity contribution < 1.29 is 15.8 Å². The number of carbonyl (C=O) groups excluding carboxylic acids is 3. The molecule has 1 fully saturated rings. The van der Waals surface area contributed by atoms with Crippen molar-refractivity contribution in [2.45, 2.75) is 45.2 Å². The smallest absolute Gasteiger partial charge is 0.255 e. The van der Waals surface area contributed by atoms with Crippen molar-refractivity contribution in [3.05, 3.63) is 34.9 Å². The molecule has 0 spiro atoms. The van der Waals surface area contributed by atoms with E-state index in [4.69, 9.17) is 0 Å². The van der Waals surface area contributed by atoms with Crippen molar-refractivity contribution in [2.75, 3.05) is 0 Å². The number of nitrogens with one attached hydrogen (secondary N) is 1. The minimum absolute atomic E-state index is 0. The highest BCUT2D eigenvalue weighted by molar-refractivity contribution is 6.05. The lowest BCUT2D eigenvalue weighted by Gasteiger charge is -2.29. The summed E-state index contributed by atoms with van der Waals surface area (Å²) in [6.45, 7) is 4.61. The third-order valence-electron chi connectivity index (χ3n) is 4.22. The van der Waals surface area contributed by atoms with Crippen LogP contribution in [0.4, 0.5) is 0 Å². The van der Waals surface area contributed by atoms with Gasteiger partial charge in [0.1, 0.15) is 6.04 Å². The predicted octanol–water partition coefficient (Wildman–Crippen LogP) is 1.82. The summed E-state index contributed by atoms with van der Waals surface area (Å²) in [5, 5.41) is 2.31. The van der Waals surface area contributed by atoms with E-state index in [0.717, 1.165) is 11.1 Å². The average Bonchev–Trinajstić information content (AvgIpc) is 2.75. The molecule has 5 nitrogen and oxygen atoms in total. The Kier molecular flexibility index (Phi) is 3.27. The van der Waals surface area contributed by atoms with Gasteiger partial charge in [0.05, 0.1) is 0 Å². The second-order valence-electron chi connectivity index (χ2n) is 5.97. The molecule has 112 valence electrons. The molecule has 0 saturated carbocycles. The van der Waals surface area contributed by atoms with Gasteiger partial charge in [-0.15, -0.1) is 0 Å². The number of imide groups is 1. The molecule has 0 aliphatic carbocycles. The standard InChI is InChI=1S/C16H18N2O3.H2/c1-9(2)10-3-4-11-8-18(16(21)12(11)7-10)13-5-6-14(19)17-15(13)20;/h3-4,7,9,13H,5-6,8H2,1-2H3,(H,17,19,20);1H. The Hall–Kier alpha value is -2.17. The maximum Gasteiger partial charge on any atom is 0.255 e. The summed E-state index contributed by atoms with van der Waals surface area (Å²) in [4.78, 5) is 37.3. The molecule has 1 saturated heterocycles. The van der Waals surface area contributed by atoms with Gasteiger partial charge < -0.3 is 4.90 Å². The molecule has 2 aliphatic heterocycles. The van der Waals surface area contributed by atoms with E-state index in [1.165, 1.54) is 0 Å². The molecule has 5 heteroatoms. The van der Waals surface area contributed by atoms with Crippen LogP contribution in [-0.2, 0) is 16.1 Å². The van der Waals surface area contributed by atoms with Gasteiger partial charge in [-0.3, -0.25) is 19.7 Å². The van der Waals surface area contributed by atoms with Crippen molar-refractivity contribution in [2.24, 2.45) is 0 Å². The third kappa shape index (κ3) is 2.33. The van der Waals surface area contributed by atoms with Crippen LogP contribution in [0.15, 0.2) is 18.2 Å². The van der Waals surface area contributed by atoms with Gasteiger partial charge in [-0.1, -0.05) is 26.0 Å². The molecule has 1 aromatic rings. The van der Waals surface area contributed by atoms with Crippen LogP contribution in [-0.4, -0.2) is 28.7 Å². The van der Waals surface area contributed by atoms with Gasteiger partial charge in [0, 0.05) is 20.0 Å². The van der Waals surface area contributed by atoms with E-state index in [1.54, 1.807) is 4.90 Å². The van der Waals surface area contributed by atoms with Gasteiger partial charge in [-0.05, 0) is 29.5 Å². The monoisotopic (exact) mass is 288 g/mol. The zero-order valence-corrected chi connectivity index (χ0v) is 12.2. The number of amides is 3. The number of hydrogen-bond acceptors (Lipinski definition) is 3. The fraction of sp³-hybridized carbons (Fsp3) is 0.438. The minimum Gasteiger partial charge on any atom is -0.322 e. The largest absolute Gasteiger partial charge is 0.322 e. The molecule has 1 aromatic carbocycles. The van der Waals surface area contributed by atoms with Crippen LogP contribution in [0.2, 0.25) is 0 Å². The molecular formula is C16H20N2O3. The van der Waals surface area contributed by atoms with Crippen LogP contribution in [0.1, 0.15) is 55.5 Å². The molecule has 1 atom stereocenters. The van der Waals surface area contributed by atoms with E-state index in [0.29, 0.717) is 24.4 Å². The van der Waals surface area contributed by atoms with Gasteiger partial charge in [-0.25, -0.2) is 0 Å². The zero-order chi connectivity index (χ0) is 15.1. The highest BCUT2D eigenvalue weighted by Crippen LogP contribution is 2.29. The first-order valence-electron chi connectivity index (χ1n) is 7.25. The lowest BCUT2D eigenvalue weighted by Crippen LogP contribution is -2.52. The Bertz CT molecular complexity index is 642. The van der Waals surface area contributed by atoms with Crippen molar-refractivity contribution in [1.29, 1.82) is 0 Å². The number of nitrogens with zero attached hydrogens (tertiary/aromatic N) is 1. The van der Waals surface area contributed by atoms with E-state index in [1.807, 2.05) is 18.2 Å². The number of carbonyl (C=O) groups is 3. The van der Waals surface area contributed by atoms with Gasteiger partial charge >= 0.3 is 0 Å². The molecule has 21 heavy (non-hydrogen) atoms. The molecule has 1 unspecified atom stereocenters. The fourth-order valence-corrected chi connectivity index (χ4v) is 2.93. The molecule has 0 bridgehead atoms. The summed E-state index contributed by atoms with van der Waals surface area (Å²) in [5.74, 6) is -0.381. The van der Waals surface area contributed by atoms with E-state index in [9.17, 15) is 14.4 Å². The number of hydrogen-bond donors (Lipinski definition) is 1. The Morgan fingerprint density at radius 3 is 2.71 bits per heavy atom. The van der Waals surface area contributed by atoms with Crippen LogP contribution in [0.5, 0.6) is 0 Å². The molecule has 1 N–H and O–H groups in total. The van der Waals surface area contributed by atoms with Crippen molar-refractivity contribution in [3.8, 4) is 0 Å². The molecule has 3 rings (SSSR count). The first-order valence-corrected chi connectivity index (χ1v) is 7.25. The lowest BCUT2D eigenvalue weighted by atomic mass is 9.98. The second-order valence-corrected chi connectivity index (χ2v) is 5.97. The van der Waals surface area contributed by atoms with Gasteiger partial charge in [-0.2, -0.15) is 0 Å². The van der Waals surface area contributed by atoms with Gasteiger partial charge in [0.2, 0.25) is 11.8 Å². The molecule has 0 radical (unpaired) electrons. The number of fused-ring (bicyclic) bond motifs is 1. The molecule has 2 aliphatic rings. The Morgan fingerprint density at radius 2 is 2.05 bits per heavy atom. The maximum atomic E-state index is 12.6. The predicted molar refractivity (Wildman–Crippen MR) is 78.7 cm³/mol. The maximum absolute atomic E-state index is 12.6. The summed E-state index contributed by atoms with van der Waals surface area (Å²) >= 11 is 0. The molecule has 3 amide bonds. The van der Waals surface area contributed by atoms with Crippen LogP contribution < -0.4 is 5.32 Å². The summed E-state index contributed by atoms with van der Waals surface area (Å²) in [6.07, 6.45) is 0.690. The minimum atomic E-state index is -0.537. The quantitative estimate of drug-likeness (QED) is 0.844. The van der Waals surface area contributed by atoms with Crippen molar-refractivity contribution in [3.63, 3.8) is 0 Å². The summed E-state index contributed by atoms with van der Waals surface area (Å²) in [7, 11) is 0. The fourth-order valence-electron chi connectivity index (χ4n) is 2.93. The first-order chi connectivity index (χ1) is 9.97. The first kappa shape index (κ1) is 13.8. The van der Waals surface area contributed by atoms with E-state index >= 15 is 0 Å². The zero-order valence-electron chi connectivity index (χ0n) is 12.2. The highest BCUT2D eigenvalue weighted by Gasteiger charge is 2.39. The van der Waals surface area contributed by atoms with E-state index in [-0.39, 0.29) is 25.6 Å². The summed E-state index contributed by atoms with van der Waals surface area (Å²) in [5.41, 5.74) is 2.76. The van der Waals surface area contributed by atoms with Crippen molar-refractivity contribution >= 4 is 17.7 Å². The number of piperidine rings is 1. The SMILES string of the molecule is CC(C)c1ccc2c(c1)C(=O)N(C1CCC(=O)NC1=O)C2.[HH]. The van der Waals surface area contributed by atoms with Gasteiger partial charge in [0.25, 0.3) is 5.91 Å². The Labute approximate surface area is 124 Å². The second kappa shape index (κ2) is 4.98. The number of benzene rings is 1. The average molecular weight is 288 g/mol. The topological polar surface area (TPSA) is 66.5 Å². The Balaban J connectivity index is 0.00000176. The van der Waals surface area contributed by atoms with Crippen LogP contribution in [0, 0.1) is 0 Å². The van der Waals surface area contributed by atoms with Crippen LogP contribution in [0.3, 0.4) is 0 Å². The molecular weight excluding hydrogens is 268 g/mol. The summed E-state index contributed by atoms with van der Waals surface area (Å²) < 4.78 is 0.